The molecule has 0 bridgehead atoms. The van der Waals surface area contributed by atoms with E-state index in [2.05, 4.69) is 34.5 Å². The van der Waals surface area contributed by atoms with Gasteiger partial charge in [-0.2, -0.15) is 0 Å². The molecule has 1 saturated heterocycles. The first kappa shape index (κ1) is 13.8. The van der Waals surface area contributed by atoms with Crippen molar-refractivity contribution in [1.82, 2.24) is 0 Å². The highest BCUT2D eigenvalue weighted by atomic mass is 16.3. The zero-order valence-corrected chi connectivity index (χ0v) is 12.3. The van der Waals surface area contributed by atoms with Crippen molar-refractivity contribution in [1.29, 1.82) is 0 Å². The molecule has 110 valence electrons. The third-order valence-corrected chi connectivity index (χ3v) is 4.02. The molecule has 1 aliphatic rings. The Kier molecular flexibility index (Phi) is 4.29. The van der Waals surface area contributed by atoms with Gasteiger partial charge in [0.05, 0.1) is 0 Å². The van der Waals surface area contributed by atoms with Gasteiger partial charge in [0.25, 0.3) is 0 Å². The van der Waals surface area contributed by atoms with E-state index in [1.54, 1.807) is 12.1 Å². The first-order valence-corrected chi connectivity index (χ1v) is 7.68. The number of phenols is 1. The summed E-state index contributed by atoms with van der Waals surface area (Å²) in [6.45, 7) is 3.13. The van der Waals surface area contributed by atoms with E-state index in [9.17, 15) is 5.11 Å². The summed E-state index contributed by atoms with van der Waals surface area (Å²) in [6, 6.07) is 16.0. The van der Waals surface area contributed by atoms with Crippen LogP contribution in [0.2, 0.25) is 0 Å². The fourth-order valence-corrected chi connectivity index (χ4v) is 2.76. The molecule has 0 radical (unpaired) electrons. The minimum Gasteiger partial charge on any atom is -0.508 e. The molecule has 0 amide bonds. The Hall–Kier alpha value is -2.16. The van der Waals surface area contributed by atoms with Gasteiger partial charge in [-0.1, -0.05) is 12.1 Å². The number of aromatic hydroxyl groups is 1. The maximum atomic E-state index is 9.27. The Labute approximate surface area is 126 Å². The van der Waals surface area contributed by atoms with E-state index in [-0.39, 0.29) is 0 Å². The van der Waals surface area contributed by atoms with Gasteiger partial charge in [-0.25, -0.2) is 0 Å². The molecule has 0 saturated carbocycles. The van der Waals surface area contributed by atoms with E-state index >= 15 is 0 Å². The largest absolute Gasteiger partial charge is 0.508 e. The van der Waals surface area contributed by atoms with E-state index in [0.717, 1.165) is 17.8 Å². The van der Waals surface area contributed by atoms with Crippen molar-refractivity contribution in [2.24, 2.45) is 0 Å². The first-order valence-electron chi connectivity index (χ1n) is 7.68. The average Bonchev–Trinajstić information content (AvgIpc) is 2.56. The highest BCUT2D eigenvalue weighted by Crippen LogP contribution is 2.22. The maximum Gasteiger partial charge on any atom is 0.115 e. The highest BCUT2D eigenvalue weighted by Gasteiger charge is 2.10. The van der Waals surface area contributed by atoms with Crippen LogP contribution < -0.4 is 10.2 Å². The molecular formula is C18H22N2O. The van der Waals surface area contributed by atoms with E-state index in [0.29, 0.717) is 5.75 Å². The number of nitrogens with one attached hydrogen (secondary N) is 1. The molecule has 21 heavy (non-hydrogen) atoms. The molecule has 3 nitrogen and oxygen atoms in total. The molecule has 0 aliphatic carbocycles. The van der Waals surface area contributed by atoms with Crippen LogP contribution in [-0.2, 0) is 6.54 Å². The molecular weight excluding hydrogens is 260 g/mol. The van der Waals surface area contributed by atoms with Crippen LogP contribution in [0.15, 0.2) is 48.5 Å². The number of rotatable bonds is 4. The zero-order valence-electron chi connectivity index (χ0n) is 12.3. The molecule has 3 rings (SSSR count). The van der Waals surface area contributed by atoms with Gasteiger partial charge in [-0.15, -0.1) is 0 Å². The second kappa shape index (κ2) is 6.53. The van der Waals surface area contributed by atoms with Crippen LogP contribution in [0.3, 0.4) is 0 Å². The van der Waals surface area contributed by atoms with Gasteiger partial charge in [0.15, 0.2) is 0 Å². The number of phenolic OH excluding ortho intramolecular Hbond substituents is 1. The fraction of sp³-hybridized carbons (Fsp3) is 0.333. The summed E-state index contributed by atoms with van der Waals surface area (Å²) in [4.78, 5) is 2.47. The maximum absolute atomic E-state index is 9.27. The Morgan fingerprint density at radius 3 is 2.19 bits per heavy atom. The van der Waals surface area contributed by atoms with E-state index in [4.69, 9.17) is 0 Å². The lowest BCUT2D eigenvalue weighted by atomic mass is 10.1. The monoisotopic (exact) mass is 282 g/mol. The van der Waals surface area contributed by atoms with Crippen molar-refractivity contribution in [2.45, 2.75) is 25.8 Å². The Morgan fingerprint density at radius 2 is 1.52 bits per heavy atom. The molecule has 1 aliphatic heterocycles. The molecule has 2 aromatic carbocycles. The first-order chi connectivity index (χ1) is 10.3. The lowest BCUT2D eigenvalue weighted by Gasteiger charge is -2.28. The van der Waals surface area contributed by atoms with Gasteiger partial charge in [0, 0.05) is 31.0 Å². The minimum absolute atomic E-state index is 0.310. The van der Waals surface area contributed by atoms with Gasteiger partial charge >= 0.3 is 0 Å². The summed E-state index contributed by atoms with van der Waals surface area (Å²) < 4.78 is 0. The summed E-state index contributed by atoms with van der Waals surface area (Å²) in [7, 11) is 0. The molecule has 0 unspecified atom stereocenters. The van der Waals surface area contributed by atoms with E-state index < -0.39 is 0 Å². The Bertz CT molecular complexity index is 557. The number of hydrogen-bond donors (Lipinski definition) is 2. The average molecular weight is 282 g/mol. The molecule has 1 fully saturated rings. The summed E-state index contributed by atoms with van der Waals surface area (Å²) in [5, 5.41) is 12.7. The van der Waals surface area contributed by atoms with Gasteiger partial charge in [0.2, 0.25) is 0 Å². The standard InChI is InChI=1S/C18H22N2O/c21-18-10-4-15(5-11-18)14-19-16-6-8-17(9-7-16)20-12-2-1-3-13-20/h4-11,19,21H,1-3,12-14H2. The number of anilines is 2. The summed E-state index contributed by atoms with van der Waals surface area (Å²) in [5.74, 6) is 0.310. The SMILES string of the molecule is Oc1ccc(CNc2ccc(N3CCCCC3)cc2)cc1. The van der Waals surface area contributed by atoms with Crippen LogP contribution in [0, 0.1) is 0 Å². The third-order valence-electron chi connectivity index (χ3n) is 4.02. The van der Waals surface area contributed by atoms with Crippen molar-refractivity contribution < 1.29 is 5.11 Å². The Morgan fingerprint density at radius 1 is 0.857 bits per heavy atom. The number of benzene rings is 2. The molecule has 2 N–H and O–H groups in total. The number of hydrogen-bond acceptors (Lipinski definition) is 3. The summed E-state index contributed by atoms with van der Waals surface area (Å²) >= 11 is 0. The third kappa shape index (κ3) is 3.69. The van der Waals surface area contributed by atoms with Crippen molar-refractivity contribution in [3.63, 3.8) is 0 Å². The van der Waals surface area contributed by atoms with Crippen molar-refractivity contribution >= 4 is 11.4 Å². The second-order valence-electron chi connectivity index (χ2n) is 5.61. The van der Waals surface area contributed by atoms with Gasteiger partial charge in [0.1, 0.15) is 5.75 Å². The molecule has 2 aromatic rings. The van der Waals surface area contributed by atoms with Crippen molar-refractivity contribution in [3.05, 3.63) is 54.1 Å². The topological polar surface area (TPSA) is 35.5 Å². The molecule has 1 heterocycles. The van der Waals surface area contributed by atoms with Crippen LogP contribution in [0.1, 0.15) is 24.8 Å². The molecule has 0 spiro atoms. The highest BCUT2D eigenvalue weighted by molar-refractivity contribution is 5.55. The predicted molar refractivity (Wildman–Crippen MR) is 87.9 cm³/mol. The lowest BCUT2D eigenvalue weighted by molar-refractivity contribution is 0.475. The van der Waals surface area contributed by atoms with Gasteiger partial charge < -0.3 is 15.3 Å². The minimum atomic E-state index is 0.310. The second-order valence-corrected chi connectivity index (χ2v) is 5.61. The van der Waals surface area contributed by atoms with Gasteiger partial charge in [-0.05, 0) is 61.2 Å². The van der Waals surface area contributed by atoms with Crippen LogP contribution >= 0.6 is 0 Å². The fourth-order valence-electron chi connectivity index (χ4n) is 2.76. The Balaban J connectivity index is 1.57. The normalized spacial score (nSPS) is 15.0. The quantitative estimate of drug-likeness (QED) is 0.890. The smallest absolute Gasteiger partial charge is 0.115 e. The van der Waals surface area contributed by atoms with Crippen LogP contribution in [-0.4, -0.2) is 18.2 Å². The van der Waals surface area contributed by atoms with Gasteiger partial charge in [-0.3, -0.25) is 0 Å². The predicted octanol–water partition coefficient (Wildman–Crippen LogP) is 3.99. The number of piperidine rings is 1. The summed E-state index contributed by atoms with van der Waals surface area (Å²) in [5.41, 5.74) is 3.61. The van der Waals surface area contributed by atoms with Crippen LogP contribution in [0.5, 0.6) is 5.75 Å². The van der Waals surface area contributed by atoms with E-state index in [1.807, 2.05) is 12.1 Å². The van der Waals surface area contributed by atoms with Crippen molar-refractivity contribution in [3.8, 4) is 5.75 Å². The summed E-state index contributed by atoms with van der Waals surface area (Å²) in [6.07, 6.45) is 3.98. The molecule has 0 aromatic heterocycles. The molecule has 3 heteroatoms. The molecule has 0 atom stereocenters. The van der Waals surface area contributed by atoms with E-state index in [1.165, 1.54) is 38.0 Å². The van der Waals surface area contributed by atoms with Crippen molar-refractivity contribution in [2.75, 3.05) is 23.3 Å². The lowest BCUT2D eigenvalue weighted by Crippen LogP contribution is -2.29. The number of nitrogens with zero attached hydrogens (tertiary/aromatic N) is 1. The van der Waals surface area contributed by atoms with Crippen LogP contribution in [0.4, 0.5) is 11.4 Å². The zero-order chi connectivity index (χ0) is 14.5. The van der Waals surface area contributed by atoms with Crippen LogP contribution in [0.25, 0.3) is 0 Å².